The Hall–Kier alpha value is -1.71. The topological polar surface area (TPSA) is 47.6 Å². The summed E-state index contributed by atoms with van der Waals surface area (Å²) in [4.78, 5) is 11.4. The number of carbonyl (C=O) groups is 1. The molecule has 0 radical (unpaired) electrons. The molecule has 1 amide bonds. The maximum Gasteiger partial charge on any atom is 0.231 e. The van der Waals surface area contributed by atoms with Gasteiger partial charge >= 0.3 is 0 Å². The molecule has 19 heavy (non-hydrogen) atoms. The van der Waals surface area contributed by atoms with Crippen LogP contribution in [0.1, 0.15) is 37.7 Å². The Bertz CT molecular complexity index is 486. The summed E-state index contributed by atoms with van der Waals surface area (Å²) in [5.74, 6) is 2.94. The van der Waals surface area contributed by atoms with Crippen molar-refractivity contribution >= 4 is 5.91 Å². The van der Waals surface area contributed by atoms with E-state index in [2.05, 4.69) is 11.4 Å². The van der Waals surface area contributed by atoms with Gasteiger partial charge in [0.05, 0.1) is 0 Å². The average molecular weight is 261 g/mol. The number of amides is 1. The van der Waals surface area contributed by atoms with Gasteiger partial charge in [0.25, 0.3) is 0 Å². The van der Waals surface area contributed by atoms with Crippen LogP contribution in [0.2, 0.25) is 0 Å². The van der Waals surface area contributed by atoms with Crippen molar-refractivity contribution in [2.24, 2.45) is 5.92 Å². The summed E-state index contributed by atoms with van der Waals surface area (Å²) in [7, 11) is 0. The molecule has 1 aromatic rings. The lowest BCUT2D eigenvalue weighted by atomic mass is 10.1. The molecule has 4 nitrogen and oxygen atoms in total. The molecule has 102 valence electrons. The number of hydrogen-bond acceptors (Lipinski definition) is 3. The maximum absolute atomic E-state index is 11.4. The molecule has 0 spiro atoms. The Morgan fingerprint density at radius 1 is 1.42 bits per heavy atom. The largest absolute Gasteiger partial charge is 0.454 e. The molecule has 1 N–H and O–H groups in total. The van der Waals surface area contributed by atoms with Gasteiger partial charge in [-0.2, -0.15) is 0 Å². The Kier molecular flexibility index (Phi) is 3.32. The number of ether oxygens (including phenoxy) is 2. The van der Waals surface area contributed by atoms with E-state index >= 15 is 0 Å². The second-order valence-corrected chi connectivity index (χ2v) is 5.24. The summed E-state index contributed by atoms with van der Waals surface area (Å²) in [5.41, 5.74) is 1.23. The smallest absolute Gasteiger partial charge is 0.231 e. The van der Waals surface area contributed by atoms with Gasteiger partial charge in [0.2, 0.25) is 12.7 Å². The normalized spacial score (nSPS) is 23.2. The minimum atomic E-state index is 0.158. The minimum absolute atomic E-state index is 0.158. The molecule has 0 aromatic heterocycles. The van der Waals surface area contributed by atoms with Crippen LogP contribution in [0.25, 0.3) is 0 Å². The van der Waals surface area contributed by atoms with Crippen molar-refractivity contribution in [2.45, 2.75) is 32.1 Å². The van der Waals surface area contributed by atoms with Gasteiger partial charge in [-0.15, -0.1) is 0 Å². The zero-order chi connectivity index (χ0) is 13.2. The van der Waals surface area contributed by atoms with Gasteiger partial charge in [0, 0.05) is 18.5 Å². The van der Waals surface area contributed by atoms with E-state index in [9.17, 15) is 4.79 Å². The van der Waals surface area contributed by atoms with Crippen molar-refractivity contribution < 1.29 is 14.3 Å². The molecule has 0 bridgehead atoms. The van der Waals surface area contributed by atoms with Crippen molar-refractivity contribution in [3.8, 4) is 11.5 Å². The average Bonchev–Trinajstić information content (AvgIpc) is 3.02. The molecule has 2 aliphatic rings. The third kappa shape index (κ3) is 2.53. The second kappa shape index (κ2) is 5.11. The summed E-state index contributed by atoms with van der Waals surface area (Å²) >= 11 is 0. The molecule has 1 saturated carbocycles. The number of nitrogens with one attached hydrogen (secondary N) is 1. The van der Waals surface area contributed by atoms with Gasteiger partial charge in [-0.1, -0.05) is 19.1 Å². The van der Waals surface area contributed by atoms with Crippen molar-refractivity contribution in [3.63, 3.8) is 0 Å². The zero-order valence-electron chi connectivity index (χ0n) is 11.1. The molecular formula is C15H19NO3. The molecule has 1 aromatic carbocycles. The molecule has 4 heteroatoms. The van der Waals surface area contributed by atoms with E-state index in [1.807, 2.05) is 19.1 Å². The van der Waals surface area contributed by atoms with Crippen LogP contribution in [0.3, 0.4) is 0 Å². The number of fused-ring (bicyclic) bond motifs is 1. The number of para-hydroxylation sites is 1. The third-order valence-electron chi connectivity index (χ3n) is 3.79. The van der Waals surface area contributed by atoms with Crippen LogP contribution in [0, 0.1) is 5.92 Å². The van der Waals surface area contributed by atoms with E-state index in [1.54, 1.807) is 0 Å². The molecule has 1 heterocycles. The summed E-state index contributed by atoms with van der Waals surface area (Å²) in [5, 5.41) is 3.00. The fourth-order valence-corrected chi connectivity index (χ4v) is 2.66. The van der Waals surface area contributed by atoms with Crippen LogP contribution < -0.4 is 14.8 Å². The molecular weight excluding hydrogens is 242 g/mol. The fraction of sp³-hybridized carbons (Fsp3) is 0.533. The lowest BCUT2D eigenvalue weighted by Crippen LogP contribution is -2.25. The standard InChI is InChI=1S/C15H19NO3/c1-2-4-14(17)16-8-10-7-12(10)11-5-3-6-13-15(11)19-9-18-13/h3,5-6,10,12H,2,4,7-9H2,1H3,(H,16,17). The lowest BCUT2D eigenvalue weighted by molar-refractivity contribution is -0.121. The van der Waals surface area contributed by atoms with Crippen molar-refractivity contribution in [2.75, 3.05) is 13.3 Å². The first-order chi connectivity index (χ1) is 9.29. The van der Waals surface area contributed by atoms with Gasteiger partial charge in [-0.05, 0) is 30.7 Å². The summed E-state index contributed by atoms with van der Waals surface area (Å²) in [6.45, 7) is 3.11. The van der Waals surface area contributed by atoms with E-state index in [4.69, 9.17) is 9.47 Å². The highest BCUT2D eigenvalue weighted by Crippen LogP contribution is 2.52. The Morgan fingerprint density at radius 2 is 2.32 bits per heavy atom. The zero-order valence-corrected chi connectivity index (χ0v) is 11.1. The molecule has 2 atom stereocenters. The van der Waals surface area contributed by atoms with E-state index in [1.165, 1.54) is 5.56 Å². The van der Waals surface area contributed by atoms with E-state index in [0.29, 0.717) is 25.0 Å². The summed E-state index contributed by atoms with van der Waals surface area (Å²) in [6.07, 6.45) is 2.64. The Balaban J connectivity index is 1.58. The second-order valence-electron chi connectivity index (χ2n) is 5.24. The van der Waals surface area contributed by atoms with Gasteiger partial charge in [-0.25, -0.2) is 0 Å². The Labute approximate surface area is 113 Å². The number of carbonyl (C=O) groups excluding carboxylic acids is 1. The summed E-state index contributed by atoms with van der Waals surface area (Å²) < 4.78 is 10.9. The number of rotatable bonds is 5. The van der Waals surface area contributed by atoms with Crippen molar-refractivity contribution in [3.05, 3.63) is 23.8 Å². The van der Waals surface area contributed by atoms with Crippen molar-refractivity contribution in [1.82, 2.24) is 5.32 Å². The molecule has 0 saturated heterocycles. The first kappa shape index (κ1) is 12.3. The van der Waals surface area contributed by atoms with Crippen LogP contribution in [-0.4, -0.2) is 19.2 Å². The molecule has 1 fully saturated rings. The first-order valence-electron chi connectivity index (χ1n) is 6.94. The van der Waals surface area contributed by atoms with Crippen LogP contribution in [-0.2, 0) is 4.79 Å². The molecule has 3 rings (SSSR count). The Morgan fingerprint density at radius 3 is 3.16 bits per heavy atom. The monoisotopic (exact) mass is 261 g/mol. The predicted molar refractivity (Wildman–Crippen MR) is 71.3 cm³/mol. The van der Waals surface area contributed by atoms with Crippen LogP contribution >= 0.6 is 0 Å². The quantitative estimate of drug-likeness (QED) is 0.885. The van der Waals surface area contributed by atoms with Gasteiger partial charge < -0.3 is 14.8 Å². The summed E-state index contributed by atoms with van der Waals surface area (Å²) in [6, 6.07) is 6.05. The van der Waals surface area contributed by atoms with Crippen LogP contribution in [0.5, 0.6) is 11.5 Å². The van der Waals surface area contributed by atoms with E-state index in [0.717, 1.165) is 30.9 Å². The van der Waals surface area contributed by atoms with Crippen LogP contribution in [0.4, 0.5) is 0 Å². The fourth-order valence-electron chi connectivity index (χ4n) is 2.66. The lowest BCUT2D eigenvalue weighted by Gasteiger charge is -2.06. The first-order valence-corrected chi connectivity index (χ1v) is 6.94. The predicted octanol–water partition coefficient (Wildman–Crippen LogP) is 2.44. The SMILES string of the molecule is CCCC(=O)NCC1CC1c1cccc2c1OCO2. The van der Waals surface area contributed by atoms with Gasteiger partial charge in [0.15, 0.2) is 11.5 Å². The highest BCUT2D eigenvalue weighted by atomic mass is 16.7. The molecule has 2 unspecified atom stereocenters. The molecule has 1 aliphatic carbocycles. The van der Waals surface area contributed by atoms with E-state index in [-0.39, 0.29) is 5.91 Å². The highest BCUT2D eigenvalue weighted by molar-refractivity contribution is 5.75. The van der Waals surface area contributed by atoms with Crippen molar-refractivity contribution in [1.29, 1.82) is 0 Å². The van der Waals surface area contributed by atoms with Crippen LogP contribution in [0.15, 0.2) is 18.2 Å². The minimum Gasteiger partial charge on any atom is -0.454 e. The van der Waals surface area contributed by atoms with E-state index < -0.39 is 0 Å². The van der Waals surface area contributed by atoms with Gasteiger partial charge in [0.1, 0.15) is 0 Å². The maximum atomic E-state index is 11.4. The number of hydrogen-bond donors (Lipinski definition) is 1. The molecule has 1 aliphatic heterocycles. The highest BCUT2D eigenvalue weighted by Gasteiger charge is 2.41. The van der Waals surface area contributed by atoms with Gasteiger partial charge in [-0.3, -0.25) is 4.79 Å². The third-order valence-corrected chi connectivity index (χ3v) is 3.79. The number of benzene rings is 1.